The van der Waals surface area contributed by atoms with Gasteiger partial charge in [0.15, 0.2) is 0 Å². The fourth-order valence-corrected chi connectivity index (χ4v) is 2.07. The second-order valence-corrected chi connectivity index (χ2v) is 4.39. The van der Waals surface area contributed by atoms with Crippen LogP contribution in [0.15, 0.2) is 0 Å². The van der Waals surface area contributed by atoms with Crippen molar-refractivity contribution in [2.75, 3.05) is 6.61 Å². The summed E-state index contributed by atoms with van der Waals surface area (Å²) in [6, 6.07) is 0. The number of hydrogen-bond donors (Lipinski definition) is 1. The number of aliphatic hydroxyl groups is 1. The molecule has 1 fully saturated rings. The normalized spacial score (nSPS) is 21.9. The summed E-state index contributed by atoms with van der Waals surface area (Å²) in [6.45, 7) is 2.63. The summed E-state index contributed by atoms with van der Waals surface area (Å²) in [4.78, 5) is 0. The number of ether oxygens (including phenoxy) is 1. The highest BCUT2D eigenvalue weighted by Gasteiger charge is 2.13. The smallest absolute Gasteiger partial charge is 0.0773 e. The summed E-state index contributed by atoms with van der Waals surface area (Å²) in [5, 5.41) is 9.53. The molecule has 84 valence electrons. The molecule has 1 atom stereocenters. The summed E-state index contributed by atoms with van der Waals surface area (Å²) in [5.74, 6) is 0. The van der Waals surface area contributed by atoms with Crippen LogP contribution < -0.4 is 0 Å². The first-order chi connectivity index (χ1) is 6.83. The lowest BCUT2D eigenvalue weighted by Crippen LogP contribution is -2.21. The molecule has 1 N–H and O–H groups in total. The van der Waals surface area contributed by atoms with Crippen molar-refractivity contribution in [1.82, 2.24) is 0 Å². The lowest BCUT2D eigenvalue weighted by molar-refractivity contribution is -0.0176. The van der Waals surface area contributed by atoms with Crippen LogP contribution in [0.2, 0.25) is 0 Å². The van der Waals surface area contributed by atoms with Gasteiger partial charge in [0.2, 0.25) is 0 Å². The molecule has 0 aromatic carbocycles. The molecular weight excluding hydrogens is 176 g/mol. The van der Waals surface area contributed by atoms with Crippen molar-refractivity contribution >= 4 is 0 Å². The van der Waals surface area contributed by atoms with Gasteiger partial charge in [-0.15, -0.1) is 0 Å². The Hall–Kier alpha value is -0.0800. The van der Waals surface area contributed by atoms with Crippen molar-refractivity contribution in [3.63, 3.8) is 0 Å². The van der Waals surface area contributed by atoms with Crippen molar-refractivity contribution in [2.45, 2.75) is 70.5 Å². The summed E-state index contributed by atoms with van der Waals surface area (Å²) in [6.07, 6.45) is 9.78. The Labute approximate surface area is 87.7 Å². The molecule has 2 nitrogen and oxygen atoms in total. The van der Waals surface area contributed by atoms with Crippen molar-refractivity contribution in [2.24, 2.45) is 0 Å². The molecule has 0 bridgehead atoms. The molecule has 0 spiro atoms. The summed E-state index contributed by atoms with van der Waals surface area (Å²) < 4.78 is 5.73. The highest BCUT2D eigenvalue weighted by atomic mass is 16.5. The van der Waals surface area contributed by atoms with E-state index in [-0.39, 0.29) is 6.10 Å². The summed E-state index contributed by atoms with van der Waals surface area (Å²) in [5.41, 5.74) is 0. The van der Waals surface area contributed by atoms with Crippen LogP contribution in [0.4, 0.5) is 0 Å². The first-order valence-electron chi connectivity index (χ1n) is 6.12. The average Bonchev–Trinajstić information content (AvgIpc) is 2.43. The van der Waals surface area contributed by atoms with Crippen LogP contribution in [0.1, 0.15) is 58.3 Å². The monoisotopic (exact) mass is 200 g/mol. The third kappa shape index (κ3) is 4.97. The number of rotatable bonds is 5. The van der Waals surface area contributed by atoms with Gasteiger partial charge in [0.1, 0.15) is 0 Å². The predicted molar refractivity (Wildman–Crippen MR) is 58.4 cm³/mol. The van der Waals surface area contributed by atoms with Crippen LogP contribution in [-0.2, 0) is 4.74 Å². The van der Waals surface area contributed by atoms with Gasteiger partial charge in [0.25, 0.3) is 0 Å². The van der Waals surface area contributed by atoms with Gasteiger partial charge in [-0.1, -0.05) is 39.0 Å². The third-order valence-corrected chi connectivity index (χ3v) is 2.95. The van der Waals surface area contributed by atoms with Crippen molar-refractivity contribution in [3.8, 4) is 0 Å². The Bertz CT molecular complexity index is 128. The first-order valence-corrected chi connectivity index (χ1v) is 6.12. The van der Waals surface area contributed by atoms with E-state index in [2.05, 4.69) is 6.92 Å². The summed E-state index contributed by atoms with van der Waals surface area (Å²) >= 11 is 0. The Morgan fingerprint density at radius 3 is 2.43 bits per heavy atom. The Kier molecular flexibility index (Phi) is 6.20. The van der Waals surface area contributed by atoms with E-state index in [1.165, 1.54) is 38.5 Å². The van der Waals surface area contributed by atoms with E-state index in [9.17, 15) is 5.11 Å². The standard InChI is InChI=1S/C12H24O2/c1-2-7-11(13)10-14-12-8-5-3-4-6-9-12/h11-13H,2-10H2,1H3. The first kappa shape index (κ1) is 12.0. The molecule has 0 aromatic heterocycles. The number of hydrogen-bond acceptors (Lipinski definition) is 2. The van der Waals surface area contributed by atoms with Crippen LogP contribution in [0.25, 0.3) is 0 Å². The van der Waals surface area contributed by atoms with Crippen molar-refractivity contribution < 1.29 is 9.84 Å². The second kappa shape index (κ2) is 7.24. The van der Waals surface area contributed by atoms with Gasteiger partial charge in [0.05, 0.1) is 18.8 Å². The fourth-order valence-electron chi connectivity index (χ4n) is 2.07. The van der Waals surface area contributed by atoms with Crippen molar-refractivity contribution in [1.29, 1.82) is 0 Å². The SMILES string of the molecule is CCCC(O)COC1CCCCCC1. The van der Waals surface area contributed by atoms with Crippen LogP contribution >= 0.6 is 0 Å². The maximum atomic E-state index is 9.53. The molecule has 1 aliphatic rings. The Balaban J connectivity index is 2.09. The molecular formula is C12H24O2. The highest BCUT2D eigenvalue weighted by molar-refractivity contribution is 4.65. The lowest BCUT2D eigenvalue weighted by Gasteiger charge is -2.17. The topological polar surface area (TPSA) is 29.5 Å². The Morgan fingerprint density at radius 1 is 1.21 bits per heavy atom. The largest absolute Gasteiger partial charge is 0.391 e. The highest BCUT2D eigenvalue weighted by Crippen LogP contribution is 2.20. The molecule has 0 saturated heterocycles. The molecule has 14 heavy (non-hydrogen) atoms. The third-order valence-electron chi connectivity index (χ3n) is 2.95. The molecule has 0 aliphatic heterocycles. The minimum Gasteiger partial charge on any atom is -0.391 e. The molecule has 0 radical (unpaired) electrons. The minimum absolute atomic E-state index is 0.247. The maximum Gasteiger partial charge on any atom is 0.0773 e. The quantitative estimate of drug-likeness (QED) is 0.691. The van der Waals surface area contributed by atoms with E-state index >= 15 is 0 Å². The molecule has 1 unspecified atom stereocenters. The van der Waals surface area contributed by atoms with Crippen LogP contribution in [0, 0.1) is 0 Å². The van der Waals surface area contributed by atoms with Gasteiger partial charge < -0.3 is 9.84 Å². The van der Waals surface area contributed by atoms with E-state index in [4.69, 9.17) is 4.74 Å². The second-order valence-electron chi connectivity index (χ2n) is 4.39. The van der Waals surface area contributed by atoms with Crippen LogP contribution in [0.3, 0.4) is 0 Å². The predicted octanol–water partition coefficient (Wildman–Crippen LogP) is 2.89. The van der Waals surface area contributed by atoms with Gasteiger partial charge in [-0.3, -0.25) is 0 Å². The van der Waals surface area contributed by atoms with Gasteiger partial charge >= 0.3 is 0 Å². The molecule has 1 aliphatic carbocycles. The molecule has 0 amide bonds. The fraction of sp³-hybridized carbons (Fsp3) is 1.00. The van der Waals surface area contributed by atoms with Crippen LogP contribution in [0.5, 0.6) is 0 Å². The van der Waals surface area contributed by atoms with Crippen LogP contribution in [-0.4, -0.2) is 23.9 Å². The molecule has 0 aromatic rings. The van der Waals surface area contributed by atoms with E-state index in [1.807, 2.05) is 0 Å². The van der Waals surface area contributed by atoms with Gasteiger partial charge in [0, 0.05) is 0 Å². The molecule has 1 saturated carbocycles. The van der Waals surface area contributed by atoms with E-state index < -0.39 is 0 Å². The zero-order valence-electron chi connectivity index (χ0n) is 9.37. The lowest BCUT2D eigenvalue weighted by atomic mass is 10.1. The van der Waals surface area contributed by atoms with Gasteiger partial charge in [-0.2, -0.15) is 0 Å². The van der Waals surface area contributed by atoms with E-state index in [0.717, 1.165) is 12.8 Å². The minimum atomic E-state index is -0.247. The average molecular weight is 200 g/mol. The maximum absolute atomic E-state index is 9.53. The number of aliphatic hydroxyl groups excluding tert-OH is 1. The Morgan fingerprint density at radius 2 is 1.86 bits per heavy atom. The molecule has 2 heteroatoms. The van der Waals surface area contributed by atoms with E-state index in [0.29, 0.717) is 12.7 Å². The molecule has 0 heterocycles. The molecule has 1 rings (SSSR count). The zero-order valence-corrected chi connectivity index (χ0v) is 9.37. The zero-order chi connectivity index (χ0) is 10.2. The summed E-state index contributed by atoms with van der Waals surface area (Å²) in [7, 11) is 0. The van der Waals surface area contributed by atoms with Gasteiger partial charge in [-0.05, 0) is 19.3 Å². The van der Waals surface area contributed by atoms with Crippen molar-refractivity contribution in [3.05, 3.63) is 0 Å². The van der Waals surface area contributed by atoms with Gasteiger partial charge in [-0.25, -0.2) is 0 Å². The van der Waals surface area contributed by atoms with E-state index in [1.54, 1.807) is 0 Å².